The summed E-state index contributed by atoms with van der Waals surface area (Å²) in [5.74, 6) is 1.89. The van der Waals surface area contributed by atoms with Crippen LogP contribution >= 0.6 is 0 Å². The first-order chi connectivity index (χ1) is 7.16. The van der Waals surface area contributed by atoms with Crippen molar-refractivity contribution < 1.29 is 0 Å². The van der Waals surface area contributed by atoms with Crippen LogP contribution in [0.4, 0.5) is 0 Å². The fourth-order valence-electron chi connectivity index (χ4n) is 3.12. The molecule has 2 nitrogen and oxygen atoms in total. The minimum absolute atomic E-state index is 0.891. The Morgan fingerprint density at radius 1 is 1.00 bits per heavy atom. The predicted octanol–water partition coefficient (Wildman–Crippen LogP) is 2.06. The zero-order valence-corrected chi connectivity index (χ0v) is 10.6. The van der Waals surface area contributed by atoms with E-state index in [0.29, 0.717) is 0 Å². The standard InChI is InChI=1S/C13H26N2/c1-11(2)12-4-5-13(10-12)15-8-6-14(3)7-9-15/h11-13H,4-10H2,1-3H3. The van der Waals surface area contributed by atoms with Crippen LogP contribution in [-0.4, -0.2) is 49.1 Å². The SMILES string of the molecule is CC(C)C1CCC(N2CCN(C)CC2)C1. The molecule has 2 rings (SSSR count). The smallest absolute Gasteiger partial charge is 0.0113 e. The second-order valence-corrected chi connectivity index (χ2v) is 5.81. The highest BCUT2D eigenvalue weighted by atomic mass is 15.3. The molecule has 0 aromatic carbocycles. The summed E-state index contributed by atoms with van der Waals surface area (Å²) in [5.41, 5.74) is 0. The van der Waals surface area contributed by atoms with Crippen LogP contribution in [-0.2, 0) is 0 Å². The van der Waals surface area contributed by atoms with Gasteiger partial charge in [0.2, 0.25) is 0 Å². The molecule has 0 bridgehead atoms. The minimum atomic E-state index is 0.891. The van der Waals surface area contributed by atoms with Gasteiger partial charge in [0.25, 0.3) is 0 Å². The number of nitrogens with zero attached hydrogens (tertiary/aromatic N) is 2. The van der Waals surface area contributed by atoms with Crippen molar-refractivity contribution in [3.8, 4) is 0 Å². The van der Waals surface area contributed by atoms with Crippen LogP contribution in [0.25, 0.3) is 0 Å². The van der Waals surface area contributed by atoms with E-state index in [0.717, 1.165) is 17.9 Å². The molecule has 0 radical (unpaired) electrons. The monoisotopic (exact) mass is 210 g/mol. The molecule has 2 atom stereocenters. The van der Waals surface area contributed by atoms with E-state index in [1.54, 1.807) is 0 Å². The molecule has 0 N–H and O–H groups in total. The van der Waals surface area contributed by atoms with E-state index in [9.17, 15) is 0 Å². The first-order valence-corrected chi connectivity index (χ1v) is 6.59. The first-order valence-electron chi connectivity index (χ1n) is 6.59. The molecule has 1 aliphatic carbocycles. The van der Waals surface area contributed by atoms with Crippen LogP contribution in [0.15, 0.2) is 0 Å². The van der Waals surface area contributed by atoms with Crippen LogP contribution in [0.2, 0.25) is 0 Å². The van der Waals surface area contributed by atoms with Gasteiger partial charge < -0.3 is 4.90 Å². The molecule has 1 saturated carbocycles. The van der Waals surface area contributed by atoms with Gasteiger partial charge in [-0.25, -0.2) is 0 Å². The van der Waals surface area contributed by atoms with Gasteiger partial charge in [0.05, 0.1) is 0 Å². The molecule has 1 heterocycles. The Bertz CT molecular complexity index is 195. The average molecular weight is 210 g/mol. The molecule has 0 spiro atoms. The highest BCUT2D eigenvalue weighted by molar-refractivity contribution is 4.86. The lowest BCUT2D eigenvalue weighted by Gasteiger charge is -2.36. The molecule has 2 heteroatoms. The van der Waals surface area contributed by atoms with Crippen molar-refractivity contribution in [3.63, 3.8) is 0 Å². The third-order valence-corrected chi connectivity index (χ3v) is 4.44. The maximum absolute atomic E-state index is 2.74. The van der Waals surface area contributed by atoms with Crippen molar-refractivity contribution in [1.29, 1.82) is 0 Å². The van der Waals surface area contributed by atoms with Crippen LogP contribution in [0.1, 0.15) is 33.1 Å². The van der Waals surface area contributed by atoms with Gasteiger partial charge in [-0.15, -0.1) is 0 Å². The lowest BCUT2D eigenvalue weighted by Crippen LogP contribution is -2.48. The average Bonchev–Trinajstić information content (AvgIpc) is 2.68. The fraction of sp³-hybridized carbons (Fsp3) is 1.00. The predicted molar refractivity (Wildman–Crippen MR) is 65.0 cm³/mol. The summed E-state index contributed by atoms with van der Waals surface area (Å²) in [5, 5.41) is 0. The van der Waals surface area contributed by atoms with Gasteiger partial charge in [0.15, 0.2) is 0 Å². The molecule has 2 fully saturated rings. The maximum atomic E-state index is 2.74. The van der Waals surface area contributed by atoms with Gasteiger partial charge in [-0.05, 0) is 38.1 Å². The molecule has 2 unspecified atom stereocenters. The molecule has 1 saturated heterocycles. The summed E-state index contributed by atoms with van der Waals surface area (Å²) in [4.78, 5) is 5.19. The lowest BCUT2D eigenvalue weighted by molar-refractivity contribution is 0.110. The van der Waals surface area contributed by atoms with Crippen molar-refractivity contribution >= 4 is 0 Å². The van der Waals surface area contributed by atoms with Crippen LogP contribution in [0, 0.1) is 11.8 Å². The lowest BCUT2D eigenvalue weighted by atomic mass is 9.94. The summed E-state index contributed by atoms with van der Waals surface area (Å²) < 4.78 is 0. The number of hydrogen-bond donors (Lipinski definition) is 0. The first kappa shape index (κ1) is 11.4. The number of rotatable bonds is 2. The normalized spacial score (nSPS) is 35.2. The Morgan fingerprint density at radius 2 is 1.67 bits per heavy atom. The van der Waals surface area contributed by atoms with Crippen LogP contribution in [0.3, 0.4) is 0 Å². The maximum Gasteiger partial charge on any atom is 0.0113 e. The van der Waals surface area contributed by atoms with Crippen molar-refractivity contribution in [2.24, 2.45) is 11.8 Å². The summed E-state index contributed by atoms with van der Waals surface area (Å²) in [7, 11) is 2.24. The Labute approximate surface area is 94.6 Å². The summed E-state index contributed by atoms with van der Waals surface area (Å²) in [6.07, 6.45) is 4.38. The molecule has 88 valence electrons. The largest absolute Gasteiger partial charge is 0.304 e. The van der Waals surface area contributed by atoms with E-state index in [1.807, 2.05) is 0 Å². The Kier molecular flexibility index (Phi) is 3.68. The van der Waals surface area contributed by atoms with Crippen molar-refractivity contribution in [1.82, 2.24) is 9.80 Å². The summed E-state index contributed by atoms with van der Waals surface area (Å²) >= 11 is 0. The van der Waals surface area contributed by atoms with Crippen LogP contribution in [0.5, 0.6) is 0 Å². The molecular formula is C13H26N2. The highest BCUT2D eigenvalue weighted by Crippen LogP contribution is 2.34. The van der Waals surface area contributed by atoms with E-state index in [2.05, 4.69) is 30.7 Å². The zero-order chi connectivity index (χ0) is 10.8. The Morgan fingerprint density at radius 3 is 2.20 bits per heavy atom. The van der Waals surface area contributed by atoms with Gasteiger partial charge in [-0.2, -0.15) is 0 Å². The topological polar surface area (TPSA) is 6.48 Å². The molecular weight excluding hydrogens is 184 g/mol. The van der Waals surface area contributed by atoms with E-state index in [1.165, 1.54) is 45.4 Å². The summed E-state index contributed by atoms with van der Waals surface area (Å²) in [6.45, 7) is 9.90. The number of likely N-dealkylation sites (N-methyl/N-ethyl adjacent to an activating group) is 1. The van der Waals surface area contributed by atoms with Gasteiger partial charge in [0, 0.05) is 32.2 Å². The minimum Gasteiger partial charge on any atom is -0.304 e. The van der Waals surface area contributed by atoms with E-state index >= 15 is 0 Å². The third-order valence-electron chi connectivity index (χ3n) is 4.44. The van der Waals surface area contributed by atoms with Crippen molar-refractivity contribution in [2.75, 3.05) is 33.2 Å². The van der Waals surface area contributed by atoms with Gasteiger partial charge in [-0.1, -0.05) is 13.8 Å². The van der Waals surface area contributed by atoms with Crippen molar-refractivity contribution in [2.45, 2.75) is 39.2 Å². The van der Waals surface area contributed by atoms with Gasteiger partial charge >= 0.3 is 0 Å². The second-order valence-electron chi connectivity index (χ2n) is 5.81. The van der Waals surface area contributed by atoms with E-state index in [-0.39, 0.29) is 0 Å². The van der Waals surface area contributed by atoms with E-state index in [4.69, 9.17) is 0 Å². The van der Waals surface area contributed by atoms with Gasteiger partial charge in [-0.3, -0.25) is 4.90 Å². The fourth-order valence-corrected chi connectivity index (χ4v) is 3.12. The highest BCUT2D eigenvalue weighted by Gasteiger charge is 2.31. The van der Waals surface area contributed by atoms with E-state index < -0.39 is 0 Å². The molecule has 2 aliphatic rings. The molecule has 0 aromatic rings. The van der Waals surface area contributed by atoms with Gasteiger partial charge in [0.1, 0.15) is 0 Å². The number of piperazine rings is 1. The summed E-state index contributed by atoms with van der Waals surface area (Å²) in [6, 6.07) is 0.908. The third kappa shape index (κ3) is 2.73. The van der Waals surface area contributed by atoms with Crippen LogP contribution < -0.4 is 0 Å². The second kappa shape index (κ2) is 4.84. The molecule has 1 aliphatic heterocycles. The molecule has 0 aromatic heterocycles. The Hall–Kier alpha value is -0.0800. The number of hydrogen-bond acceptors (Lipinski definition) is 2. The Balaban J connectivity index is 1.80. The molecule has 15 heavy (non-hydrogen) atoms. The van der Waals surface area contributed by atoms with Crippen molar-refractivity contribution in [3.05, 3.63) is 0 Å². The zero-order valence-electron chi connectivity index (χ0n) is 10.6. The quantitative estimate of drug-likeness (QED) is 0.688. The molecule has 0 amide bonds.